The van der Waals surface area contributed by atoms with Crippen LogP contribution >= 0.6 is 0 Å². The van der Waals surface area contributed by atoms with Crippen LogP contribution in [0.15, 0.2) is 43.0 Å². The number of benzene rings is 1. The van der Waals surface area contributed by atoms with E-state index in [9.17, 15) is 18.3 Å². The summed E-state index contributed by atoms with van der Waals surface area (Å²) >= 11 is 0. The van der Waals surface area contributed by atoms with Crippen molar-refractivity contribution in [3.05, 3.63) is 48.6 Å². The van der Waals surface area contributed by atoms with Crippen molar-refractivity contribution in [2.45, 2.75) is 25.8 Å². The van der Waals surface area contributed by atoms with Gasteiger partial charge >= 0.3 is 5.97 Å². The summed E-state index contributed by atoms with van der Waals surface area (Å²) in [4.78, 5) is 11.7. The van der Waals surface area contributed by atoms with Gasteiger partial charge in [-0.05, 0) is 24.8 Å². The fourth-order valence-corrected chi connectivity index (χ4v) is 4.59. The molecule has 1 aliphatic rings. The van der Waals surface area contributed by atoms with Gasteiger partial charge in [-0.15, -0.1) is 6.58 Å². The van der Waals surface area contributed by atoms with Gasteiger partial charge in [0.25, 0.3) is 10.2 Å². The zero-order valence-corrected chi connectivity index (χ0v) is 14.7. The number of carboxylic acids is 1. The Morgan fingerprint density at radius 2 is 2.08 bits per heavy atom. The van der Waals surface area contributed by atoms with Crippen LogP contribution in [-0.2, 0) is 21.5 Å². The highest BCUT2D eigenvalue weighted by Gasteiger charge is 2.45. The number of hydrogen-bond donors (Lipinski definition) is 1. The largest absolute Gasteiger partial charge is 0.481 e. The van der Waals surface area contributed by atoms with Gasteiger partial charge in [0.15, 0.2) is 0 Å². The van der Waals surface area contributed by atoms with E-state index in [1.54, 1.807) is 6.08 Å². The summed E-state index contributed by atoms with van der Waals surface area (Å²) in [6.45, 7) is 4.19. The van der Waals surface area contributed by atoms with Gasteiger partial charge in [-0.25, -0.2) is 0 Å². The third-order valence-corrected chi connectivity index (χ3v) is 6.38. The first kappa shape index (κ1) is 18.6. The van der Waals surface area contributed by atoms with Crippen LogP contribution in [0.4, 0.5) is 0 Å². The number of nitrogens with zero attached hydrogens (tertiary/aromatic N) is 2. The Balaban J connectivity index is 2.18. The highest BCUT2D eigenvalue weighted by Crippen LogP contribution is 2.35. The topological polar surface area (TPSA) is 77.9 Å². The summed E-state index contributed by atoms with van der Waals surface area (Å²) < 4.78 is 28.2. The van der Waals surface area contributed by atoms with E-state index in [4.69, 9.17) is 0 Å². The minimum absolute atomic E-state index is 0.0180. The fraction of sp³-hybridized carbons (Fsp3) is 0.471. The van der Waals surface area contributed by atoms with Crippen molar-refractivity contribution >= 4 is 16.2 Å². The normalized spacial score (nSPS) is 22.4. The molecular formula is C17H24N2O4S. The van der Waals surface area contributed by atoms with Gasteiger partial charge in [0, 0.05) is 26.7 Å². The van der Waals surface area contributed by atoms with E-state index in [-0.39, 0.29) is 19.5 Å². The molecule has 0 aromatic heterocycles. The zero-order valence-electron chi connectivity index (χ0n) is 13.9. The van der Waals surface area contributed by atoms with Crippen molar-refractivity contribution in [2.75, 3.05) is 20.1 Å². The molecule has 0 aliphatic carbocycles. The molecule has 1 aliphatic heterocycles. The lowest BCUT2D eigenvalue weighted by Crippen LogP contribution is -2.52. The molecule has 1 atom stereocenters. The van der Waals surface area contributed by atoms with E-state index in [0.717, 1.165) is 5.56 Å². The molecule has 1 aromatic rings. The van der Waals surface area contributed by atoms with Crippen LogP contribution in [0.25, 0.3) is 0 Å². The molecular weight excluding hydrogens is 328 g/mol. The number of piperidine rings is 1. The molecule has 1 saturated heterocycles. The monoisotopic (exact) mass is 352 g/mol. The second-order valence-corrected chi connectivity index (χ2v) is 8.30. The van der Waals surface area contributed by atoms with Gasteiger partial charge in [-0.3, -0.25) is 4.79 Å². The molecule has 0 spiro atoms. The van der Waals surface area contributed by atoms with Gasteiger partial charge in [-0.1, -0.05) is 36.4 Å². The molecule has 1 fully saturated rings. The van der Waals surface area contributed by atoms with Crippen LogP contribution in [0.1, 0.15) is 24.8 Å². The first-order valence-corrected chi connectivity index (χ1v) is 9.31. The average molecular weight is 352 g/mol. The Kier molecular flexibility index (Phi) is 5.79. The maximum atomic E-state index is 12.8. The van der Waals surface area contributed by atoms with E-state index in [0.29, 0.717) is 19.4 Å². The van der Waals surface area contributed by atoms with Crippen molar-refractivity contribution in [1.29, 1.82) is 0 Å². The van der Waals surface area contributed by atoms with E-state index in [1.165, 1.54) is 15.7 Å². The lowest BCUT2D eigenvalue weighted by Gasteiger charge is -2.40. The molecule has 7 heteroatoms. The molecule has 0 amide bonds. The zero-order chi connectivity index (χ0) is 17.8. The third kappa shape index (κ3) is 3.85. The molecule has 2 rings (SSSR count). The number of carboxylic acid groups (broad SMARTS) is 1. The maximum Gasteiger partial charge on any atom is 0.311 e. The molecule has 1 N–H and O–H groups in total. The summed E-state index contributed by atoms with van der Waals surface area (Å²) in [6, 6.07) is 9.31. The Morgan fingerprint density at radius 1 is 1.42 bits per heavy atom. The smallest absolute Gasteiger partial charge is 0.311 e. The molecule has 6 nitrogen and oxygen atoms in total. The second-order valence-electron chi connectivity index (χ2n) is 6.26. The number of rotatable bonds is 7. The predicted octanol–water partition coefficient (Wildman–Crippen LogP) is 2.11. The van der Waals surface area contributed by atoms with Crippen molar-refractivity contribution in [2.24, 2.45) is 5.41 Å². The van der Waals surface area contributed by atoms with E-state index >= 15 is 0 Å². The summed E-state index contributed by atoms with van der Waals surface area (Å²) in [5.74, 6) is -0.965. The van der Waals surface area contributed by atoms with Gasteiger partial charge < -0.3 is 5.11 Å². The van der Waals surface area contributed by atoms with Crippen LogP contribution in [0.2, 0.25) is 0 Å². The van der Waals surface area contributed by atoms with Crippen molar-refractivity contribution in [3.8, 4) is 0 Å². The Bertz CT molecular complexity index is 690. The number of allylic oxidation sites excluding steroid dienone is 1. The van der Waals surface area contributed by atoms with Crippen LogP contribution in [0.3, 0.4) is 0 Å². The molecule has 24 heavy (non-hydrogen) atoms. The lowest BCUT2D eigenvalue weighted by molar-refractivity contribution is -0.151. The minimum Gasteiger partial charge on any atom is -0.481 e. The quantitative estimate of drug-likeness (QED) is 0.763. The Labute approximate surface area is 143 Å². The molecule has 132 valence electrons. The molecule has 0 bridgehead atoms. The molecule has 1 unspecified atom stereocenters. The SMILES string of the molecule is C=CCC1(C(=O)O)CCCN(S(=O)(=O)N(C)Cc2ccccc2)C1. The van der Waals surface area contributed by atoms with Crippen LogP contribution in [0, 0.1) is 5.41 Å². The van der Waals surface area contributed by atoms with Crippen LogP contribution < -0.4 is 0 Å². The van der Waals surface area contributed by atoms with Crippen molar-refractivity contribution in [1.82, 2.24) is 8.61 Å². The first-order chi connectivity index (χ1) is 11.3. The van der Waals surface area contributed by atoms with Crippen LogP contribution in [-0.4, -0.2) is 48.2 Å². The minimum atomic E-state index is -3.71. The molecule has 1 heterocycles. The van der Waals surface area contributed by atoms with E-state index < -0.39 is 21.6 Å². The highest BCUT2D eigenvalue weighted by atomic mass is 32.2. The highest BCUT2D eigenvalue weighted by molar-refractivity contribution is 7.86. The van der Waals surface area contributed by atoms with Gasteiger partial charge in [0.1, 0.15) is 0 Å². The molecule has 0 saturated carbocycles. The first-order valence-electron chi connectivity index (χ1n) is 7.91. The third-order valence-electron chi connectivity index (χ3n) is 4.50. The van der Waals surface area contributed by atoms with Gasteiger partial charge in [0.2, 0.25) is 0 Å². The van der Waals surface area contributed by atoms with Crippen molar-refractivity contribution in [3.63, 3.8) is 0 Å². The average Bonchev–Trinajstić information content (AvgIpc) is 2.56. The summed E-state index contributed by atoms with van der Waals surface area (Å²) in [5, 5.41) is 9.59. The van der Waals surface area contributed by atoms with Gasteiger partial charge in [0.05, 0.1) is 5.41 Å². The second kappa shape index (κ2) is 7.46. The standard InChI is InChI=1S/C17H24N2O4S/c1-3-10-17(16(20)21)11-7-12-19(14-17)24(22,23)18(2)13-15-8-5-4-6-9-15/h3-6,8-9H,1,7,10-14H2,2H3,(H,20,21). The van der Waals surface area contributed by atoms with Crippen LogP contribution in [0.5, 0.6) is 0 Å². The predicted molar refractivity (Wildman–Crippen MR) is 92.5 cm³/mol. The van der Waals surface area contributed by atoms with E-state index in [2.05, 4.69) is 6.58 Å². The summed E-state index contributed by atoms with van der Waals surface area (Å²) in [5.41, 5.74) is -0.197. The number of carbonyl (C=O) groups is 1. The Morgan fingerprint density at radius 3 is 2.67 bits per heavy atom. The molecule has 0 radical (unpaired) electrons. The number of aliphatic carboxylic acids is 1. The lowest BCUT2D eigenvalue weighted by atomic mass is 9.78. The summed E-state index contributed by atoms with van der Waals surface area (Å²) in [7, 11) is -2.19. The molecule has 1 aromatic carbocycles. The fourth-order valence-electron chi connectivity index (χ4n) is 3.11. The summed E-state index contributed by atoms with van der Waals surface area (Å²) in [6.07, 6.45) is 2.80. The maximum absolute atomic E-state index is 12.8. The number of hydrogen-bond acceptors (Lipinski definition) is 3. The van der Waals surface area contributed by atoms with Gasteiger partial charge in [-0.2, -0.15) is 17.0 Å². The van der Waals surface area contributed by atoms with E-state index in [1.807, 2.05) is 30.3 Å². The Hall–Kier alpha value is -1.70. The van der Waals surface area contributed by atoms with Crippen molar-refractivity contribution < 1.29 is 18.3 Å².